The predicted octanol–water partition coefficient (Wildman–Crippen LogP) is 16.0. The van der Waals surface area contributed by atoms with Crippen LogP contribution >= 0.6 is 0 Å². The molecule has 90 heavy (non-hydrogen) atoms. The Balaban J connectivity index is 1.63. The van der Waals surface area contributed by atoms with Crippen LogP contribution in [-0.4, -0.2) is 140 Å². The molecule has 0 aromatic heterocycles. The van der Waals surface area contributed by atoms with E-state index in [1.54, 1.807) is 6.08 Å². The van der Waals surface area contributed by atoms with E-state index in [1.165, 1.54) is 231 Å². The van der Waals surface area contributed by atoms with Gasteiger partial charge in [-0.3, -0.25) is 4.79 Å². The normalized spacial score (nSPS) is 23.2. The third kappa shape index (κ3) is 43.6. The molecule has 0 bridgehead atoms. The molecule has 12 atom stereocenters. The first-order valence-electron chi connectivity index (χ1n) is 37.5. The fraction of sp³-hybridized carbons (Fsp3) is 0.855. The lowest BCUT2D eigenvalue weighted by Crippen LogP contribution is -2.65. The number of ether oxygens (including phenoxy) is 4. The zero-order valence-corrected chi connectivity index (χ0v) is 57.4. The van der Waals surface area contributed by atoms with Crippen molar-refractivity contribution in [3.8, 4) is 0 Å². The summed E-state index contributed by atoms with van der Waals surface area (Å²) in [5, 5.41) is 87.6. The molecule has 526 valence electrons. The number of amides is 1. The van der Waals surface area contributed by atoms with Crippen LogP contribution in [0.25, 0.3) is 0 Å². The molecule has 2 rings (SSSR count). The zero-order valence-electron chi connectivity index (χ0n) is 57.4. The van der Waals surface area contributed by atoms with Gasteiger partial charge in [0.15, 0.2) is 12.6 Å². The van der Waals surface area contributed by atoms with E-state index in [0.717, 1.165) is 64.2 Å². The van der Waals surface area contributed by atoms with Crippen LogP contribution in [0.15, 0.2) is 60.8 Å². The van der Waals surface area contributed by atoms with Gasteiger partial charge in [-0.2, -0.15) is 0 Å². The maximum Gasteiger partial charge on any atom is 0.220 e. The summed E-state index contributed by atoms with van der Waals surface area (Å²) in [6, 6.07) is -0.916. The number of carbonyl (C=O) groups excluding carboxylic acids is 1. The van der Waals surface area contributed by atoms with E-state index in [1.807, 2.05) is 6.08 Å². The minimum atomic E-state index is -1.79. The van der Waals surface area contributed by atoms with Gasteiger partial charge < -0.3 is 65.1 Å². The van der Waals surface area contributed by atoms with Crippen molar-refractivity contribution in [2.24, 2.45) is 0 Å². The first kappa shape index (κ1) is 83.8. The minimum Gasteiger partial charge on any atom is -0.394 e. The quantitative estimate of drug-likeness (QED) is 0.0204. The molecule has 0 aliphatic carbocycles. The van der Waals surface area contributed by atoms with Gasteiger partial charge in [-0.1, -0.05) is 319 Å². The van der Waals surface area contributed by atoms with E-state index in [9.17, 15) is 45.6 Å². The Bertz CT molecular complexity index is 1740. The van der Waals surface area contributed by atoms with Crippen molar-refractivity contribution in [2.75, 3.05) is 19.8 Å². The Hall–Kier alpha value is -2.31. The number of hydrogen-bond donors (Lipinski definition) is 9. The van der Waals surface area contributed by atoms with Crippen LogP contribution in [-0.2, 0) is 23.7 Å². The van der Waals surface area contributed by atoms with Gasteiger partial charge in [0.2, 0.25) is 5.91 Å². The van der Waals surface area contributed by atoms with E-state index in [0.29, 0.717) is 6.42 Å². The summed E-state index contributed by atoms with van der Waals surface area (Å²) in [6.07, 6.45) is 64.3. The number of aliphatic hydroxyl groups is 8. The standard InChI is InChI=1S/C76H139NO13/c1-3-5-7-9-11-13-15-17-19-21-23-25-27-28-29-30-31-32-33-34-35-36-38-40-42-44-46-48-50-52-54-56-58-60-68(81)77-64(63-87-75-73(86)71(84)74(67(62-79)89-75)90-76-72(85)70(83)69(82)66(61-78)88-76)65(80)59-57-55-53-51-49-47-45-43-41-39-37-26-24-22-20-18-16-14-12-10-8-6-4-2/h5,7,11,13,17,19,23,25,57,59,64-67,69-76,78-80,82-86H,3-4,6,8-10,12,14-16,18,20-22,24,26-56,58,60-63H2,1-2H3,(H,77,81)/b7-5-,13-11-,19-17-,25-23-,59-57+. The van der Waals surface area contributed by atoms with Crippen LogP contribution in [0.2, 0.25) is 0 Å². The molecular formula is C76H139NO13. The number of allylic oxidation sites excluding steroid dienone is 9. The average Bonchev–Trinajstić information content (AvgIpc) is 1.41. The summed E-state index contributed by atoms with van der Waals surface area (Å²) in [5.74, 6) is -0.234. The summed E-state index contributed by atoms with van der Waals surface area (Å²) in [7, 11) is 0. The third-order valence-electron chi connectivity index (χ3n) is 18.2. The maximum absolute atomic E-state index is 13.4. The van der Waals surface area contributed by atoms with E-state index < -0.39 is 86.8 Å². The van der Waals surface area contributed by atoms with Crippen LogP contribution in [0.3, 0.4) is 0 Å². The molecule has 0 saturated carbocycles. The minimum absolute atomic E-state index is 0.234. The highest BCUT2D eigenvalue weighted by Gasteiger charge is 2.51. The summed E-state index contributed by atoms with van der Waals surface area (Å²) < 4.78 is 22.9. The van der Waals surface area contributed by atoms with Gasteiger partial charge in [0, 0.05) is 6.42 Å². The Labute approximate surface area is 549 Å². The van der Waals surface area contributed by atoms with Gasteiger partial charge in [0.25, 0.3) is 0 Å². The second-order valence-corrected chi connectivity index (χ2v) is 26.4. The highest BCUT2D eigenvalue weighted by atomic mass is 16.7. The Morgan fingerprint density at radius 2 is 0.767 bits per heavy atom. The second-order valence-electron chi connectivity index (χ2n) is 26.4. The number of nitrogens with one attached hydrogen (secondary N) is 1. The molecule has 2 fully saturated rings. The van der Waals surface area contributed by atoms with Crippen LogP contribution < -0.4 is 5.32 Å². The topological polar surface area (TPSA) is 228 Å². The first-order chi connectivity index (χ1) is 44.1. The zero-order chi connectivity index (χ0) is 65.2. The Morgan fingerprint density at radius 3 is 1.18 bits per heavy atom. The van der Waals surface area contributed by atoms with Crippen LogP contribution in [0.5, 0.6) is 0 Å². The summed E-state index contributed by atoms with van der Waals surface area (Å²) >= 11 is 0. The molecule has 2 aliphatic heterocycles. The first-order valence-corrected chi connectivity index (χ1v) is 37.5. The van der Waals surface area contributed by atoms with Gasteiger partial charge in [0.05, 0.1) is 32.0 Å². The second kappa shape index (κ2) is 60.4. The Kier molecular flexibility index (Phi) is 56.2. The predicted molar refractivity (Wildman–Crippen MR) is 369 cm³/mol. The molecular weight excluding hydrogens is 1130 g/mol. The lowest BCUT2D eigenvalue weighted by atomic mass is 9.97. The third-order valence-corrected chi connectivity index (χ3v) is 18.2. The van der Waals surface area contributed by atoms with Gasteiger partial charge in [-0.05, 0) is 57.8 Å². The van der Waals surface area contributed by atoms with Crippen molar-refractivity contribution in [1.29, 1.82) is 0 Å². The number of aliphatic hydroxyl groups excluding tert-OH is 8. The van der Waals surface area contributed by atoms with Gasteiger partial charge in [-0.15, -0.1) is 0 Å². The highest BCUT2D eigenvalue weighted by molar-refractivity contribution is 5.76. The molecule has 14 heteroatoms. The molecule has 1 amide bonds. The summed E-state index contributed by atoms with van der Waals surface area (Å²) in [4.78, 5) is 13.4. The number of hydrogen-bond acceptors (Lipinski definition) is 13. The molecule has 0 aromatic carbocycles. The van der Waals surface area contributed by atoms with Crippen LogP contribution in [0.1, 0.15) is 322 Å². The molecule has 0 aromatic rings. The summed E-state index contributed by atoms with van der Waals surface area (Å²) in [5.41, 5.74) is 0. The van der Waals surface area contributed by atoms with Crippen molar-refractivity contribution in [2.45, 2.75) is 396 Å². The molecule has 2 aliphatic rings. The molecule has 0 radical (unpaired) electrons. The smallest absolute Gasteiger partial charge is 0.220 e. The van der Waals surface area contributed by atoms with Crippen molar-refractivity contribution < 1.29 is 64.6 Å². The fourth-order valence-electron chi connectivity index (χ4n) is 12.3. The van der Waals surface area contributed by atoms with Crippen molar-refractivity contribution in [3.05, 3.63) is 60.8 Å². The molecule has 2 saturated heterocycles. The van der Waals surface area contributed by atoms with Gasteiger partial charge >= 0.3 is 0 Å². The molecule has 12 unspecified atom stereocenters. The van der Waals surface area contributed by atoms with Crippen LogP contribution in [0.4, 0.5) is 0 Å². The number of rotatable bonds is 62. The van der Waals surface area contributed by atoms with Gasteiger partial charge in [0.1, 0.15) is 48.8 Å². The van der Waals surface area contributed by atoms with E-state index in [-0.39, 0.29) is 18.9 Å². The number of unbranched alkanes of at least 4 members (excludes halogenated alkanes) is 41. The lowest BCUT2D eigenvalue weighted by molar-refractivity contribution is -0.359. The summed E-state index contributed by atoms with van der Waals surface area (Å²) in [6.45, 7) is 2.73. The molecule has 2 heterocycles. The van der Waals surface area contributed by atoms with E-state index in [2.05, 4.69) is 67.8 Å². The molecule has 0 spiro atoms. The van der Waals surface area contributed by atoms with Crippen molar-refractivity contribution in [1.82, 2.24) is 5.32 Å². The SMILES string of the molecule is CC/C=C\C/C=C\C/C=C\C/C=C\CCCCCCCCCCCCCCCCCCCCCCC(=O)NC(COC1OC(CO)C(OC2OC(CO)C(O)C(O)C2O)C(O)C1O)C(O)/C=C/CCCCCCCCCCCCCCCCCCCCCCC. The molecule has 14 nitrogen and oxygen atoms in total. The number of carbonyl (C=O) groups is 1. The molecule has 9 N–H and O–H groups in total. The average molecular weight is 1270 g/mol. The van der Waals surface area contributed by atoms with E-state index >= 15 is 0 Å². The van der Waals surface area contributed by atoms with Crippen LogP contribution in [0, 0.1) is 0 Å². The van der Waals surface area contributed by atoms with Crippen molar-refractivity contribution >= 4 is 5.91 Å². The van der Waals surface area contributed by atoms with Gasteiger partial charge in [-0.25, -0.2) is 0 Å². The van der Waals surface area contributed by atoms with E-state index in [4.69, 9.17) is 18.9 Å². The maximum atomic E-state index is 13.4. The van der Waals surface area contributed by atoms with Crippen molar-refractivity contribution in [3.63, 3.8) is 0 Å². The monoisotopic (exact) mass is 1270 g/mol. The lowest BCUT2D eigenvalue weighted by Gasteiger charge is -2.46. The highest BCUT2D eigenvalue weighted by Crippen LogP contribution is 2.30. The largest absolute Gasteiger partial charge is 0.394 e. The fourth-order valence-corrected chi connectivity index (χ4v) is 12.3. The Morgan fingerprint density at radius 1 is 0.411 bits per heavy atom.